The highest BCUT2D eigenvalue weighted by atomic mass is 32.2. The van der Waals surface area contributed by atoms with Crippen molar-refractivity contribution in [2.24, 2.45) is 0 Å². The molecule has 0 aliphatic carbocycles. The van der Waals surface area contributed by atoms with Crippen molar-refractivity contribution in [2.45, 2.75) is 0 Å². The molecule has 0 aromatic carbocycles. The van der Waals surface area contributed by atoms with E-state index in [0.29, 0.717) is 5.08 Å². The molecule has 0 rings (SSSR count). The lowest BCUT2D eigenvalue weighted by Gasteiger charge is -1.76. The van der Waals surface area contributed by atoms with Crippen molar-refractivity contribution in [3.63, 3.8) is 0 Å². The zero-order valence-corrected chi connectivity index (χ0v) is 5.27. The predicted octanol–water partition coefficient (Wildman–Crippen LogP) is 0.847. The van der Waals surface area contributed by atoms with Gasteiger partial charge in [0.25, 0.3) is 0 Å². The van der Waals surface area contributed by atoms with Crippen molar-refractivity contribution >= 4 is 22.6 Å². The molecule has 1 unspecified atom stereocenters. The van der Waals surface area contributed by atoms with Gasteiger partial charge >= 0.3 is 0 Å². The molecule has 1 nitrogen and oxygen atoms in total. The van der Waals surface area contributed by atoms with Crippen LogP contribution in [0.4, 0.5) is 0 Å². The molecule has 0 bridgehead atoms. The Morgan fingerprint density at radius 1 is 2.00 bits per heavy atom. The smallest absolute Gasteiger partial charge is 0.129 e. The van der Waals surface area contributed by atoms with Crippen LogP contribution >= 0.6 is 11.8 Å². The average molecular weight is 123 g/mol. The second kappa shape index (κ2) is 3.56. The number of rotatable bonds is 2. The first-order chi connectivity index (χ1) is 2.77. The van der Waals surface area contributed by atoms with Gasteiger partial charge in [-0.3, -0.25) is 4.21 Å². The minimum absolute atomic E-state index is 0.653. The van der Waals surface area contributed by atoms with E-state index in [4.69, 9.17) is 0 Å². The van der Waals surface area contributed by atoms with Crippen LogP contribution in [0.1, 0.15) is 0 Å². The first-order valence-corrected chi connectivity index (χ1v) is 4.32. The summed E-state index contributed by atoms with van der Waals surface area (Å²) < 4.78 is 10.1. The van der Waals surface area contributed by atoms with E-state index >= 15 is 0 Å². The van der Waals surface area contributed by atoms with E-state index in [0.717, 1.165) is 0 Å². The summed E-state index contributed by atoms with van der Waals surface area (Å²) in [5.74, 6) is 0. The number of hydrogen-bond acceptors (Lipinski definition) is 2. The lowest BCUT2D eigenvalue weighted by molar-refractivity contribution is 0.689. The van der Waals surface area contributed by atoms with Crippen LogP contribution in [-0.2, 0) is 10.8 Å². The molecular weight excluding hydrogens is 116 g/mol. The highest BCUT2D eigenvalue weighted by Gasteiger charge is 1.87. The minimum Gasteiger partial charge on any atom is -0.259 e. The summed E-state index contributed by atoms with van der Waals surface area (Å²) in [6.07, 6.45) is 5.11. The van der Waals surface area contributed by atoms with Gasteiger partial charge in [0, 0.05) is 17.1 Å². The summed E-state index contributed by atoms with van der Waals surface area (Å²) in [6.45, 7) is 0. The fraction of sp³-hybridized carbons (Fsp3) is 0.667. The van der Waals surface area contributed by atoms with Crippen LogP contribution in [-0.4, -0.2) is 15.5 Å². The van der Waals surface area contributed by atoms with Gasteiger partial charge in [-0.15, -0.1) is 0 Å². The van der Waals surface area contributed by atoms with Crippen LogP contribution in [0.3, 0.4) is 0 Å². The lowest BCUT2D eigenvalue weighted by Crippen LogP contribution is -1.84. The standard InChI is InChI=1S/C3H7OS2/c1-5-3-6(2)4/h1,3H2,2H3/q+1. The van der Waals surface area contributed by atoms with Crippen LogP contribution in [0.2, 0.25) is 0 Å². The maximum atomic E-state index is 10.1. The van der Waals surface area contributed by atoms with Gasteiger partial charge in [0.05, 0.1) is 11.8 Å². The van der Waals surface area contributed by atoms with E-state index in [1.54, 1.807) is 6.26 Å². The third-order valence-electron chi connectivity index (χ3n) is 0.249. The Bertz CT molecular complexity index is 52.8. The first kappa shape index (κ1) is 6.37. The molecule has 0 aromatic heterocycles. The highest BCUT2D eigenvalue weighted by Crippen LogP contribution is 1.94. The van der Waals surface area contributed by atoms with Crippen LogP contribution < -0.4 is 0 Å². The first-order valence-electron chi connectivity index (χ1n) is 1.44. The van der Waals surface area contributed by atoms with Crippen molar-refractivity contribution in [2.75, 3.05) is 11.3 Å². The van der Waals surface area contributed by atoms with Gasteiger partial charge in [0.15, 0.2) is 0 Å². The average Bonchev–Trinajstić information content (AvgIpc) is 1.35. The molecule has 36 valence electrons. The Hall–Kier alpha value is 0.370. The summed E-state index contributed by atoms with van der Waals surface area (Å²) in [5, 5.41) is 0.653. The molecule has 0 amide bonds. The Balaban J connectivity index is 2.83. The van der Waals surface area contributed by atoms with E-state index in [1.165, 1.54) is 11.8 Å². The van der Waals surface area contributed by atoms with Crippen LogP contribution in [0.25, 0.3) is 0 Å². The van der Waals surface area contributed by atoms with Gasteiger partial charge in [0.1, 0.15) is 11.3 Å². The molecule has 0 saturated heterocycles. The topological polar surface area (TPSA) is 17.1 Å². The van der Waals surface area contributed by atoms with E-state index in [2.05, 4.69) is 6.26 Å². The molecule has 0 aromatic rings. The molecule has 0 fully saturated rings. The quantitative estimate of drug-likeness (QED) is 0.506. The zero-order valence-electron chi connectivity index (χ0n) is 3.64. The Labute approximate surface area is 45.0 Å². The van der Waals surface area contributed by atoms with E-state index in [1.807, 2.05) is 0 Å². The maximum Gasteiger partial charge on any atom is 0.129 e. The molecule has 0 radical (unpaired) electrons. The monoisotopic (exact) mass is 123 g/mol. The summed E-state index contributed by atoms with van der Waals surface area (Å²) >= 11 is 1.36. The third kappa shape index (κ3) is 4.37. The summed E-state index contributed by atoms with van der Waals surface area (Å²) in [6, 6.07) is 0. The number of hydrogen-bond donors (Lipinski definition) is 0. The molecule has 1 atom stereocenters. The number of thioether (sulfide) groups is 1. The van der Waals surface area contributed by atoms with E-state index in [-0.39, 0.29) is 0 Å². The summed E-state index contributed by atoms with van der Waals surface area (Å²) in [7, 11) is -0.665. The SMILES string of the molecule is [CH2+]SCS(C)=O. The fourth-order valence-electron chi connectivity index (χ4n) is 0.117. The van der Waals surface area contributed by atoms with E-state index < -0.39 is 10.8 Å². The molecule has 0 saturated carbocycles. The van der Waals surface area contributed by atoms with Gasteiger partial charge in [-0.2, -0.15) is 0 Å². The minimum atomic E-state index is -0.665. The van der Waals surface area contributed by atoms with Crippen molar-refractivity contribution in [3.8, 4) is 0 Å². The Morgan fingerprint density at radius 3 is 2.50 bits per heavy atom. The molecule has 6 heavy (non-hydrogen) atoms. The third-order valence-corrected chi connectivity index (χ3v) is 2.24. The van der Waals surface area contributed by atoms with Crippen LogP contribution in [0, 0.1) is 6.26 Å². The molecule has 0 spiro atoms. The van der Waals surface area contributed by atoms with Gasteiger partial charge in [-0.1, -0.05) is 0 Å². The Kier molecular flexibility index (Phi) is 3.78. The molecule has 3 heteroatoms. The summed E-state index contributed by atoms with van der Waals surface area (Å²) in [4.78, 5) is 0. The van der Waals surface area contributed by atoms with Crippen molar-refractivity contribution < 1.29 is 4.21 Å². The van der Waals surface area contributed by atoms with Gasteiger partial charge < -0.3 is 0 Å². The second-order valence-electron chi connectivity index (χ2n) is 0.895. The lowest BCUT2D eigenvalue weighted by atomic mass is 11.9. The van der Waals surface area contributed by atoms with Gasteiger partial charge in [-0.05, 0) is 0 Å². The second-order valence-corrected chi connectivity index (χ2v) is 3.39. The zero-order chi connectivity index (χ0) is 4.99. The predicted molar refractivity (Wildman–Crippen MR) is 31.9 cm³/mol. The molecule has 0 heterocycles. The molecule has 0 aliphatic rings. The van der Waals surface area contributed by atoms with Crippen LogP contribution in [0.5, 0.6) is 0 Å². The van der Waals surface area contributed by atoms with Gasteiger partial charge in [-0.25, -0.2) is 0 Å². The Morgan fingerprint density at radius 2 is 2.50 bits per heavy atom. The molecular formula is C3H7OS2+. The molecule has 0 N–H and O–H groups in total. The molecule has 0 aliphatic heterocycles. The normalized spacial score (nSPS) is 14.2. The van der Waals surface area contributed by atoms with Crippen molar-refractivity contribution in [1.82, 2.24) is 0 Å². The maximum absolute atomic E-state index is 10.1. The van der Waals surface area contributed by atoms with Crippen molar-refractivity contribution in [3.05, 3.63) is 6.26 Å². The fourth-order valence-corrected chi connectivity index (χ4v) is 1.06. The van der Waals surface area contributed by atoms with Crippen molar-refractivity contribution in [1.29, 1.82) is 0 Å². The highest BCUT2D eigenvalue weighted by molar-refractivity contribution is 8.10. The van der Waals surface area contributed by atoms with E-state index in [9.17, 15) is 4.21 Å². The largest absolute Gasteiger partial charge is 0.259 e. The van der Waals surface area contributed by atoms with Crippen LogP contribution in [0.15, 0.2) is 0 Å². The van der Waals surface area contributed by atoms with Gasteiger partial charge in [0.2, 0.25) is 0 Å². The summed E-state index contributed by atoms with van der Waals surface area (Å²) in [5.41, 5.74) is 0.